The van der Waals surface area contributed by atoms with E-state index in [2.05, 4.69) is 5.32 Å². The van der Waals surface area contributed by atoms with Gasteiger partial charge in [-0.3, -0.25) is 4.79 Å². The highest BCUT2D eigenvalue weighted by Crippen LogP contribution is 2.23. The minimum atomic E-state index is -0.577. The van der Waals surface area contributed by atoms with Crippen molar-refractivity contribution in [1.29, 1.82) is 0 Å². The smallest absolute Gasteiger partial charge is 0.412 e. The van der Waals surface area contributed by atoms with Crippen LogP contribution in [0.2, 0.25) is 0 Å². The molecule has 0 spiro atoms. The van der Waals surface area contributed by atoms with E-state index in [-0.39, 0.29) is 5.43 Å². The lowest BCUT2D eigenvalue weighted by Gasteiger charge is -2.08. The molecule has 0 aliphatic heterocycles. The van der Waals surface area contributed by atoms with Crippen LogP contribution in [0.1, 0.15) is 5.56 Å². The summed E-state index contributed by atoms with van der Waals surface area (Å²) in [6, 6.07) is 23.6. The standard InChI is InChI=1S/C23H17NO4/c25-22-19-12-11-18(28-23(26)24-14-16-7-3-1-4-8-16)13-21(19)27-15-20(22)17-9-5-2-6-10-17/h1-13,15H,14H2,(H,24,26). The van der Waals surface area contributed by atoms with Crippen LogP contribution in [0, 0.1) is 0 Å². The monoisotopic (exact) mass is 371 g/mol. The van der Waals surface area contributed by atoms with Gasteiger partial charge in [0.25, 0.3) is 0 Å². The zero-order chi connectivity index (χ0) is 19.3. The van der Waals surface area contributed by atoms with Gasteiger partial charge in [-0.15, -0.1) is 0 Å². The number of ether oxygens (including phenoxy) is 1. The van der Waals surface area contributed by atoms with Gasteiger partial charge in [-0.25, -0.2) is 4.79 Å². The van der Waals surface area contributed by atoms with Gasteiger partial charge in [0.2, 0.25) is 0 Å². The number of benzene rings is 3. The summed E-state index contributed by atoms with van der Waals surface area (Å²) in [6.07, 6.45) is 0.852. The molecular formula is C23H17NO4. The van der Waals surface area contributed by atoms with E-state index < -0.39 is 6.09 Å². The Balaban J connectivity index is 1.52. The van der Waals surface area contributed by atoms with Crippen molar-refractivity contribution < 1.29 is 13.9 Å². The average Bonchev–Trinajstić information content (AvgIpc) is 2.74. The van der Waals surface area contributed by atoms with Crippen molar-refractivity contribution in [3.63, 3.8) is 0 Å². The summed E-state index contributed by atoms with van der Waals surface area (Å²) in [4.78, 5) is 24.7. The van der Waals surface area contributed by atoms with E-state index in [1.54, 1.807) is 12.1 Å². The van der Waals surface area contributed by atoms with Crippen LogP contribution in [-0.4, -0.2) is 6.09 Å². The number of rotatable bonds is 4. The summed E-state index contributed by atoms with van der Waals surface area (Å²) < 4.78 is 10.9. The Morgan fingerprint density at radius 3 is 2.39 bits per heavy atom. The van der Waals surface area contributed by atoms with Crippen molar-refractivity contribution in [2.24, 2.45) is 0 Å². The maximum absolute atomic E-state index is 12.7. The molecule has 0 saturated carbocycles. The molecule has 5 nitrogen and oxygen atoms in total. The second-order valence-electron chi connectivity index (χ2n) is 6.23. The fourth-order valence-electron chi connectivity index (χ4n) is 2.90. The number of fused-ring (bicyclic) bond motifs is 1. The second-order valence-corrected chi connectivity index (χ2v) is 6.23. The number of hydrogen-bond acceptors (Lipinski definition) is 4. The molecule has 0 aliphatic carbocycles. The Kier molecular flexibility index (Phi) is 4.89. The molecule has 5 heteroatoms. The summed E-state index contributed by atoms with van der Waals surface area (Å²) in [5.74, 6) is 0.300. The minimum Gasteiger partial charge on any atom is -0.463 e. The van der Waals surface area contributed by atoms with Gasteiger partial charge >= 0.3 is 6.09 Å². The summed E-state index contributed by atoms with van der Waals surface area (Å²) in [7, 11) is 0. The third-order valence-corrected chi connectivity index (χ3v) is 4.32. The second kappa shape index (κ2) is 7.80. The lowest BCUT2D eigenvalue weighted by Crippen LogP contribution is -2.26. The molecule has 28 heavy (non-hydrogen) atoms. The lowest BCUT2D eigenvalue weighted by molar-refractivity contribution is 0.200. The molecule has 0 saturated heterocycles. The largest absolute Gasteiger partial charge is 0.463 e. The van der Waals surface area contributed by atoms with Crippen LogP contribution in [0.3, 0.4) is 0 Å². The highest BCUT2D eigenvalue weighted by Gasteiger charge is 2.11. The van der Waals surface area contributed by atoms with E-state index in [0.29, 0.717) is 28.8 Å². The Bertz CT molecular complexity index is 1170. The predicted octanol–water partition coefficient (Wildman–Crippen LogP) is 4.75. The summed E-state index contributed by atoms with van der Waals surface area (Å²) >= 11 is 0. The average molecular weight is 371 g/mol. The normalized spacial score (nSPS) is 10.6. The Morgan fingerprint density at radius 2 is 1.64 bits per heavy atom. The van der Waals surface area contributed by atoms with E-state index in [0.717, 1.165) is 11.1 Å². The first-order valence-electron chi connectivity index (χ1n) is 8.81. The SMILES string of the molecule is O=C(NCc1ccccc1)Oc1ccc2c(=O)c(-c3ccccc3)coc2c1. The van der Waals surface area contributed by atoms with Gasteiger partial charge in [-0.1, -0.05) is 60.7 Å². The van der Waals surface area contributed by atoms with Gasteiger partial charge in [0.15, 0.2) is 5.43 Å². The summed E-state index contributed by atoms with van der Waals surface area (Å²) in [5.41, 5.74) is 2.48. The van der Waals surface area contributed by atoms with Crippen molar-refractivity contribution in [3.8, 4) is 16.9 Å². The van der Waals surface area contributed by atoms with Crippen molar-refractivity contribution in [2.75, 3.05) is 0 Å². The quantitative estimate of drug-likeness (QED) is 0.562. The van der Waals surface area contributed by atoms with Gasteiger partial charge < -0.3 is 14.5 Å². The van der Waals surface area contributed by atoms with Crippen LogP contribution >= 0.6 is 0 Å². The number of nitrogens with one attached hydrogen (secondary N) is 1. The number of hydrogen-bond donors (Lipinski definition) is 1. The van der Waals surface area contributed by atoms with Gasteiger partial charge in [0.05, 0.1) is 10.9 Å². The zero-order valence-electron chi connectivity index (χ0n) is 14.9. The summed E-state index contributed by atoms with van der Waals surface area (Å²) in [5, 5.41) is 3.11. The molecule has 1 aromatic heterocycles. The fraction of sp³-hybridized carbons (Fsp3) is 0.0435. The van der Waals surface area contributed by atoms with E-state index in [9.17, 15) is 9.59 Å². The molecule has 1 heterocycles. The van der Waals surface area contributed by atoms with Crippen LogP contribution in [-0.2, 0) is 6.54 Å². The number of carbonyl (C=O) groups excluding carboxylic acids is 1. The number of carbonyl (C=O) groups is 1. The molecule has 4 rings (SSSR count). The first-order valence-corrected chi connectivity index (χ1v) is 8.81. The number of amides is 1. The first-order chi connectivity index (χ1) is 13.7. The van der Waals surface area contributed by atoms with E-state index >= 15 is 0 Å². The van der Waals surface area contributed by atoms with Crippen molar-refractivity contribution in [2.45, 2.75) is 6.54 Å². The highest BCUT2D eigenvalue weighted by molar-refractivity contribution is 5.83. The van der Waals surface area contributed by atoms with E-state index in [1.807, 2.05) is 60.7 Å². The van der Waals surface area contributed by atoms with Crippen molar-refractivity contribution in [3.05, 3.63) is 101 Å². The molecule has 138 valence electrons. The highest BCUT2D eigenvalue weighted by atomic mass is 16.6. The van der Waals surface area contributed by atoms with Crippen LogP contribution in [0.15, 0.2) is 94.3 Å². The molecule has 0 unspecified atom stereocenters. The topological polar surface area (TPSA) is 68.5 Å². The van der Waals surface area contributed by atoms with Crippen LogP contribution < -0.4 is 15.5 Å². The van der Waals surface area contributed by atoms with Gasteiger partial charge in [0.1, 0.15) is 17.6 Å². The molecule has 0 aliphatic rings. The van der Waals surface area contributed by atoms with Gasteiger partial charge in [-0.2, -0.15) is 0 Å². The van der Waals surface area contributed by atoms with Crippen molar-refractivity contribution in [1.82, 2.24) is 5.32 Å². The van der Waals surface area contributed by atoms with E-state index in [1.165, 1.54) is 12.3 Å². The predicted molar refractivity (Wildman–Crippen MR) is 107 cm³/mol. The maximum Gasteiger partial charge on any atom is 0.412 e. The molecule has 1 N–H and O–H groups in total. The Hall–Kier alpha value is -3.86. The van der Waals surface area contributed by atoms with Crippen LogP contribution in [0.5, 0.6) is 5.75 Å². The lowest BCUT2D eigenvalue weighted by atomic mass is 10.1. The third-order valence-electron chi connectivity index (χ3n) is 4.32. The fourth-order valence-corrected chi connectivity index (χ4v) is 2.90. The molecule has 3 aromatic carbocycles. The van der Waals surface area contributed by atoms with E-state index in [4.69, 9.17) is 9.15 Å². The van der Waals surface area contributed by atoms with Crippen LogP contribution in [0.4, 0.5) is 4.79 Å². The molecule has 1 amide bonds. The van der Waals surface area contributed by atoms with Crippen LogP contribution in [0.25, 0.3) is 22.1 Å². The van der Waals surface area contributed by atoms with Gasteiger partial charge in [-0.05, 0) is 23.3 Å². The Labute approximate surface area is 161 Å². The van der Waals surface area contributed by atoms with Gasteiger partial charge in [0, 0.05) is 12.6 Å². The molecular weight excluding hydrogens is 354 g/mol. The summed E-state index contributed by atoms with van der Waals surface area (Å²) in [6.45, 7) is 0.364. The van der Waals surface area contributed by atoms with Crippen molar-refractivity contribution >= 4 is 17.1 Å². The molecule has 0 fully saturated rings. The maximum atomic E-state index is 12.7. The molecule has 0 atom stereocenters. The Morgan fingerprint density at radius 1 is 0.929 bits per heavy atom. The third kappa shape index (κ3) is 3.78. The first kappa shape index (κ1) is 17.5. The zero-order valence-corrected chi connectivity index (χ0v) is 14.9. The molecule has 0 radical (unpaired) electrons. The molecule has 0 bridgehead atoms. The molecule has 4 aromatic rings. The minimum absolute atomic E-state index is 0.132.